The Kier molecular flexibility index (Phi) is 7.21. The maximum absolute atomic E-state index is 12.6. The lowest BCUT2D eigenvalue weighted by molar-refractivity contribution is 0.104. The summed E-state index contributed by atoms with van der Waals surface area (Å²) in [5, 5.41) is 2.00. The highest BCUT2D eigenvalue weighted by Crippen LogP contribution is 2.26. The van der Waals surface area contributed by atoms with Gasteiger partial charge in [-0.15, -0.1) is 0 Å². The van der Waals surface area contributed by atoms with E-state index in [1.165, 1.54) is 0 Å². The molecule has 2 N–H and O–H groups in total. The van der Waals surface area contributed by atoms with Crippen LogP contribution in [0.1, 0.15) is 0 Å². The first-order valence-electron chi connectivity index (χ1n) is 10.8. The number of nitrogens with one attached hydrogen (secondary N) is 2. The van der Waals surface area contributed by atoms with E-state index in [1.54, 1.807) is 14.2 Å². The summed E-state index contributed by atoms with van der Waals surface area (Å²) in [7, 11) is 3.41. The zero-order chi connectivity index (χ0) is 22.3. The molecule has 2 aromatic heterocycles. The SMILES string of the molecule is COCCN(CCOC)CCOc1ccc2[nH]c(-c3cc4ccccc4[nH]c3=O)cc2c1. The predicted molar refractivity (Wildman–Crippen MR) is 128 cm³/mol. The van der Waals surface area contributed by atoms with E-state index in [4.69, 9.17) is 14.2 Å². The first-order valence-corrected chi connectivity index (χ1v) is 10.8. The molecule has 0 aliphatic rings. The van der Waals surface area contributed by atoms with Crippen LogP contribution in [0.15, 0.2) is 59.4 Å². The molecule has 7 heteroatoms. The molecular weight excluding hydrogens is 406 g/mol. The van der Waals surface area contributed by atoms with Crippen molar-refractivity contribution in [1.29, 1.82) is 0 Å². The molecule has 0 saturated heterocycles. The maximum Gasteiger partial charge on any atom is 0.257 e. The topological polar surface area (TPSA) is 79.6 Å². The Labute approximate surface area is 186 Å². The molecule has 0 amide bonds. The largest absolute Gasteiger partial charge is 0.492 e. The molecule has 168 valence electrons. The Bertz CT molecular complexity index is 1220. The average Bonchev–Trinajstić information content (AvgIpc) is 3.23. The van der Waals surface area contributed by atoms with Gasteiger partial charge in [-0.3, -0.25) is 9.69 Å². The van der Waals surface area contributed by atoms with Crippen molar-refractivity contribution in [3.63, 3.8) is 0 Å². The molecule has 4 rings (SSSR count). The minimum atomic E-state index is -0.112. The zero-order valence-electron chi connectivity index (χ0n) is 18.5. The van der Waals surface area contributed by atoms with Crippen LogP contribution in [-0.2, 0) is 9.47 Å². The number of benzene rings is 2. The van der Waals surface area contributed by atoms with Crippen LogP contribution in [0.2, 0.25) is 0 Å². The second-order valence-electron chi connectivity index (χ2n) is 7.71. The second-order valence-corrected chi connectivity index (χ2v) is 7.71. The number of ether oxygens (including phenoxy) is 3. The van der Waals surface area contributed by atoms with Gasteiger partial charge in [0.2, 0.25) is 0 Å². The number of hydrogen-bond donors (Lipinski definition) is 2. The van der Waals surface area contributed by atoms with Crippen molar-refractivity contribution in [1.82, 2.24) is 14.9 Å². The van der Waals surface area contributed by atoms with Gasteiger partial charge in [-0.2, -0.15) is 0 Å². The minimum absolute atomic E-state index is 0.112. The van der Waals surface area contributed by atoms with Crippen LogP contribution < -0.4 is 10.3 Å². The van der Waals surface area contributed by atoms with E-state index in [2.05, 4.69) is 14.9 Å². The van der Waals surface area contributed by atoms with Gasteiger partial charge in [0.25, 0.3) is 5.56 Å². The van der Waals surface area contributed by atoms with Crippen molar-refractivity contribution >= 4 is 21.8 Å². The van der Waals surface area contributed by atoms with Gasteiger partial charge in [0.05, 0.1) is 24.5 Å². The Balaban J connectivity index is 1.47. The smallest absolute Gasteiger partial charge is 0.257 e. The van der Waals surface area contributed by atoms with Crippen LogP contribution in [0.4, 0.5) is 0 Å². The van der Waals surface area contributed by atoms with E-state index in [9.17, 15) is 4.79 Å². The van der Waals surface area contributed by atoms with Crippen molar-refractivity contribution in [2.75, 3.05) is 53.7 Å². The first kappa shape index (κ1) is 22.1. The van der Waals surface area contributed by atoms with Crippen molar-refractivity contribution < 1.29 is 14.2 Å². The highest BCUT2D eigenvalue weighted by atomic mass is 16.5. The molecule has 0 saturated carbocycles. The second kappa shape index (κ2) is 10.5. The summed E-state index contributed by atoms with van der Waals surface area (Å²) in [5.74, 6) is 0.800. The highest BCUT2D eigenvalue weighted by molar-refractivity contribution is 5.89. The standard InChI is InChI=1S/C25H29N3O4/c1-30-12-9-28(10-13-31-2)11-14-32-20-7-8-23-19(15-20)17-24(26-23)21-16-18-5-3-4-6-22(18)27-25(21)29/h3-8,15-17,26H,9-14H2,1-2H3,(H,27,29). The van der Waals surface area contributed by atoms with E-state index in [-0.39, 0.29) is 5.56 Å². The van der Waals surface area contributed by atoms with Crippen LogP contribution in [-0.4, -0.2) is 68.5 Å². The summed E-state index contributed by atoms with van der Waals surface area (Å²) >= 11 is 0. The van der Waals surface area contributed by atoms with Crippen molar-refractivity contribution in [2.24, 2.45) is 0 Å². The van der Waals surface area contributed by atoms with Gasteiger partial charge < -0.3 is 24.2 Å². The fraction of sp³-hybridized carbons (Fsp3) is 0.320. The van der Waals surface area contributed by atoms with E-state index in [1.807, 2.05) is 54.6 Å². The third-order valence-corrected chi connectivity index (χ3v) is 5.54. The molecule has 0 aliphatic heterocycles. The Morgan fingerprint density at radius 2 is 1.50 bits per heavy atom. The van der Waals surface area contributed by atoms with E-state index < -0.39 is 0 Å². The van der Waals surface area contributed by atoms with Crippen molar-refractivity contribution in [3.05, 3.63) is 65.0 Å². The predicted octanol–water partition coefficient (Wildman–Crippen LogP) is 3.65. The fourth-order valence-corrected chi connectivity index (χ4v) is 3.76. The van der Waals surface area contributed by atoms with Gasteiger partial charge in [-0.25, -0.2) is 0 Å². The number of methoxy groups -OCH3 is 2. The molecule has 0 spiro atoms. The summed E-state index contributed by atoms with van der Waals surface area (Å²) in [6.45, 7) is 4.38. The first-order chi connectivity index (χ1) is 15.7. The quantitative estimate of drug-likeness (QED) is 0.376. The lowest BCUT2D eigenvalue weighted by Crippen LogP contribution is -2.34. The van der Waals surface area contributed by atoms with E-state index in [0.29, 0.717) is 25.4 Å². The fourth-order valence-electron chi connectivity index (χ4n) is 3.76. The molecule has 0 radical (unpaired) electrons. The average molecular weight is 436 g/mol. The number of rotatable bonds is 11. The molecule has 0 atom stereocenters. The molecule has 0 aliphatic carbocycles. The van der Waals surface area contributed by atoms with Crippen LogP contribution in [0, 0.1) is 0 Å². The molecule has 7 nitrogen and oxygen atoms in total. The number of fused-ring (bicyclic) bond motifs is 2. The van der Waals surface area contributed by atoms with E-state index in [0.717, 1.165) is 52.9 Å². The third kappa shape index (κ3) is 5.19. The monoisotopic (exact) mass is 435 g/mol. The minimum Gasteiger partial charge on any atom is -0.492 e. The molecule has 0 unspecified atom stereocenters. The maximum atomic E-state index is 12.6. The van der Waals surface area contributed by atoms with Gasteiger partial charge in [0, 0.05) is 50.3 Å². The number of nitrogens with zero attached hydrogens (tertiary/aromatic N) is 1. The number of hydrogen-bond acceptors (Lipinski definition) is 5. The van der Waals surface area contributed by atoms with Crippen molar-refractivity contribution in [3.8, 4) is 17.0 Å². The Morgan fingerprint density at radius 3 is 2.28 bits per heavy atom. The van der Waals surface area contributed by atoms with Gasteiger partial charge in [0.1, 0.15) is 12.4 Å². The normalized spacial score (nSPS) is 11.6. The number of para-hydroxylation sites is 1. The third-order valence-electron chi connectivity index (χ3n) is 5.54. The van der Waals surface area contributed by atoms with Gasteiger partial charge in [-0.05, 0) is 41.8 Å². The number of aromatic amines is 2. The lowest BCUT2D eigenvalue weighted by atomic mass is 10.1. The summed E-state index contributed by atoms with van der Waals surface area (Å²) < 4.78 is 16.4. The van der Waals surface area contributed by atoms with Gasteiger partial charge in [-0.1, -0.05) is 18.2 Å². The number of aromatic nitrogens is 2. The van der Waals surface area contributed by atoms with Gasteiger partial charge in [0.15, 0.2) is 0 Å². The molecule has 2 heterocycles. The summed E-state index contributed by atoms with van der Waals surface area (Å²) in [5.41, 5.74) is 3.09. The molecule has 4 aromatic rings. The van der Waals surface area contributed by atoms with Crippen LogP contribution in [0.5, 0.6) is 5.75 Å². The summed E-state index contributed by atoms with van der Waals surface area (Å²) in [4.78, 5) is 21.2. The van der Waals surface area contributed by atoms with Gasteiger partial charge >= 0.3 is 0 Å². The molecule has 0 fully saturated rings. The van der Waals surface area contributed by atoms with Crippen LogP contribution in [0.3, 0.4) is 0 Å². The molecule has 0 bridgehead atoms. The number of pyridine rings is 1. The molecular formula is C25H29N3O4. The Hall–Kier alpha value is -3.13. The van der Waals surface area contributed by atoms with Crippen LogP contribution >= 0.6 is 0 Å². The summed E-state index contributed by atoms with van der Waals surface area (Å²) in [6, 6.07) is 17.6. The highest BCUT2D eigenvalue weighted by Gasteiger charge is 2.10. The Morgan fingerprint density at radius 1 is 0.781 bits per heavy atom. The lowest BCUT2D eigenvalue weighted by Gasteiger charge is -2.21. The summed E-state index contributed by atoms with van der Waals surface area (Å²) in [6.07, 6.45) is 0. The van der Waals surface area contributed by atoms with Crippen molar-refractivity contribution in [2.45, 2.75) is 0 Å². The molecule has 32 heavy (non-hydrogen) atoms. The molecule has 2 aromatic carbocycles. The van der Waals surface area contributed by atoms with E-state index >= 15 is 0 Å². The zero-order valence-corrected chi connectivity index (χ0v) is 18.5. The number of H-pyrrole nitrogens is 2. The van der Waals surface area contributed by atoms with Crippen LogP contribution in [0.25, 0.3) is 33.1 Å².